The third-order valence-electron chi connectivity index (χ3n) is 4.82. The number of imide groups is 1. The first kappa shape index (κ1) is 21.6. The van der Waals surface area contributed by atoms with Gasteiger partial charge in [-0.05, 0) is 61.5 Å². The van der Waals surface area contributed by atoms with E-state index >= 15 is 0 Å². The smallest absolute Gasteiger partial charge is 0.283 e. The number of carbonyl (C=O) groups excluding carboxylic acids is 3. The number of carbonyl (C=O) groups is 3. The molecule has 160 valence electrons. The van der Waals surface area contributed by atoms with E-state index in [0.717, 1.165) is 10.5 Å². The van der Waals surface area contributed by atoms with Gasteiger partial charge in [0.1, 0.15) is 10.7 Å². The highest BCUT2D eigenvalue weighted by molar-refractivity contribution is 6.53. The molecule has 32 heavy (non-hydrogen) atoms. The van der Waals surface area contributed by atoms with Crippen LogP contribution in [-0.2, 0) is 9.59 Å². The van der Waals surface area contributed by atoms with Crippen molar-refractivity contribution in [1.82, 2.24) is 0 Å². The molecule has 3 aromatic rings. The van der Waals surface area contributed by atoms with Gasteiger partial charge < -0.3 is 10.6 Å². The van der Waals surface area contributed by atoms with Gasteiger partial charge in [0.2, 0.25) is 0 Å². The van der Waals surface area contributed by atoms with Gasteiger partial charge in [-0.3, -0.25) is 14.4 Å². The number of halogens is 2. The summed E-state index contributed by atoms with van der Waals surface area (Å²) in [4.78, 5) is 38.8. The van der Waals surface area contributed by atoms with Crippen LogP contribution in [0.3, 0.4) is 0 Å². The average Bonchev–Trinajstić information content (AvgIpc) is 2.99. The zero-order valence-electron chi connectivity index (χ0n) is 16.9. The number of hydrogen-bond acceptors (Lipinski definition) is 4. The van der Waals surface area contributed by atoms with Crippen LogP contribution in [0.4, 0.5) is 17.1 Å². The molecule has 4 rings (SSSR count). The van der Waals surface area contributed by atoms with E-state index in [1.807, 2.05) is 31.2 Å². The Morgan fingerprint density at radius 1 is 0.844 bits per heavy atom. The van der Waals surface area contributed by atoms with E-state index in [9.17, 15) is 14.4 Å². The fourth-order valence-electron chi connectivity index (χ4n) is 3.15. The Labute approximate surface area is 194 Å². The van der Waals surface area contributed by atoms with Crippen LogP contribution in [0.1, 0.15) is 15.9 Å². The molecular formula is C24H17Cl2N3O3. The van der Waals surface area contributed by atoms with Crippen LogP contribution in [0.25, 0.3) is 0 Å². The van der Waals surface area contributed by atoms with Gasteiger partial charge in [0, 0.05) is 22.0 Å². The Kier molecular flexibility index (Phi) is 5.99. The first-order valence-corrected chi connectivity index (χ1v) is 10.4. The Balaban J connectivity index is 1.48. The van der Waals surface area contributed by atoms with Crippen LogP contribution in [0, 0.1) is 6.92 Å². The zero-order valence-corrected chi connectivity index (χ0v) is 18.4. The summed E-state index contributed by atoms with van der Waals surface area (Å²) in [5, 5.41) is 5.86. The molecule has 0 bridgehead atoms. The number of hydrogen-bond donors (Lipinski definition) is 2. The van der Waals surface area contributed by atoms with E-state index in [4.69, 9.17) is 23.2 Å². The zero-order chi connectivity index (χ0) is 22.8. The fraction of sp³-hybridized carbons (Fsp3) is 0.0417. The molecule has 0 unspecified atom stereocenters. The second-order valence-corrected chi connectivity index (χ2v) is 7.95. The van der Waals surface area contributed by atoms with Crippen LogP contribution >= 0.6 is 23.2 Å². The molecule has 1 aliphatic heterocycles. The molecular weight excluding hydrogens is 449 g/mol. The average molecular weight is 466 g/mol. The minimum Gasteiger partial charge on any atom is -0.350 e. The van der Waals surface area contributed by atoms with Crippen molar-refractivity contribution in [3.05, 3.63) is 99.7 Å². The van der Waals surface area contributed by atoms with Crippen molar-refractivity contribution in [2.75, 3.05) is 15.5 Å². The van der Waals surface area contributed by atoms with Gasteiger partial charge in [0.15, 0.2) is 0 Å². The van der Waals surface area contributed by atoms with E-state index in [1.54, 1.807) is 42.5 Å². The third-order valence-corrected chi connectivity index (χ3v) is 5.41. The van der Waals surface area contributed by atoms with Gasteiger partial charge in [-0.25, -0.2) is 4.90 Å². The highest BCUT2D eigenvalue weighted by Gasteiger charge is 2.39. The number of aryl methyl sites for hydroxylation is 1. The standard InChI is InChI=1S/C24H17Cl2N3O3/c1-14-5-9-18(10-6-14)28-22(30)15-7-11-17(12-8-15)27-21-20(26)23(31)29(24(21)32)19-4-2-3-16(25)13-19/h2-13,27H,1H3,(H,28,30). The maximum absolute atomic E-state index is 12.8. The van der Waals surface area contributed by atoms with Gasteiger partial charge in [-0.1, -0.05) is 47.0 Å². The Hall–Kier alpha value is -3.61. The molecule has 0 spiro atoms. The topological polar surface area (TPSA) is 78.5 Å². The van der Waals surface area contributed by atoms with Crippen LogP contribution in [0.5, 0.6) is 0 Å². The summed E-state index contributed by atoms with van der Waals surface area (Å²) >= 11 is 12.1. The lowest BCUT2D eigenvalue weighted by Crippen LogP contribution is -2.32. The molecule has 6 nitrogen and oxygen atoms in total. The molecule has 0 aromatic heterocycles. The number of anilines is 3. The Morgan fingerprint density at radius 3 is 2.16 bits per heavy atom. The number of amides is 3. The molecule has 0 saturated heterocycles. The molecule has 0 aliphatic carbocycles. The van der Waals surface area contributed by atoms with E-state index in [0.29, 0.717) is 27.6 Å². The normalized spacial score (nSPS) is 13.5. The van der Waals surface area contributed by atoms with E-state index in [2.05, 4.69) is 10.6 Å². The number of benzene rings is 3. The number of nitrogens with zero attached hydrogens (tertiary/aromatic N) is 1. The largest absolute Gasteiger partial charge is 0.350 e. The lowest BCUT2D eigenvalue weighted by atomic mass is 10.1. The first-order chi connectivity index (χ1) is 15.3. The van der Waals surface area contributed by atoms with Gasteiger partial charge in [0.05, 0.1) is 5.69 Å². The van der Waals surface area contributed by atoms with Crippen molar-refractivity contribution < 1.29 is 14.4 Å². The molecule has 3 amide bonds. The number of rotatable bonds is 5. The molecule has 8 heteroatoms. The van der Waals surface area contributed by atoms with Gasteiger partial charge >= 0.3 is 0 Å². The molecule has 2 N–H and O–H groups in total. The summed E-state index contributed by atoms with van der Waals surface area (Å²) in [5.41, 5.74) is 3.00. The predicted molar refractivity (Wildman–Crippen MR) is 126 cm³/mol. The highest BCUT2D eigenvalue weighted by atomic mass is 35.5. The summed E-state index contributed by atoms with van der Waals surface area (Å²) in [5.74, 6) is -1.50. The van der Waals surface area contributed by atoms with Crippen molar-refractivity contribution >= 4 is 58.0 Å². The van der Waals surface area contributed by atoms with Crippen molar-refractivity contribution in [1.29, 1.82) is 0 Å². The quantitative estimate of drug-likeness (QED) is 0.498. The molecule has 0 fully saturated rings. The van der Waals surface area contributed by atoms with Crippen LogP contribution in [-0.4, -0.2) is 17.7 Å². The summed E-state index contributed by atoms with van der Waals surface area (Å²) in [6.07, 6.45) is 0. The van der Waals surface area contributed by atoms with Crippen LogP contribution in [0.2, 0.25) is 5.02 Å². The fourth-order valence-corrected chi connectivity index (χ4v) is 3.55. The molecule has 0 saturated carbocycles. The molecule has 3 aromatic carbocycles. The van der Waals surface area contributed by atoms with Crippen molar-refractivity contribution in [3.63, 3.8) is 0 Å². The Morgan fingerprint density at radius 2 is 1.50 bits per heavy atom. The molecule has 1 aliphatic rings. The lowest BCUT2D eigenvalue weighted by molar-refractivity contribution is -0.120. The second-order valence-electron chi connectivity index (χ2n) is 7.14. The lowest BCUT2D eigenvalue weighted by Gasteiger charge is -2.15. The minimum atomic E-state index is -0.643. The monoisotopic (exact) mass is 465 g/mol. The number of nitrogens with one attached hydrogen (secondary N) is 2. The van der Waals surface area contributed by atoms with Gasteiger partial charge in [-0.2, -0.15) is 0 Å². The highest BCUT2D eigenvalue weighted by Crippen LogP contribution is 2.31. The van der Waals surface area contributed by atoms with E-state index in [-0.39, 0.29) is 16.6 Å². The van der Waals surface area contributed by atoms with Crippen LogP contribution < -0.4 is 15.5 Å². The SMILES string of the molecule is Cc1ccc(NC(=O)c2ccc(NC3=C(Cl)C(=O)N(c4cccc(Cl)c4)C3=O)cc2)cc1. The van der Waals surface area contributed by atoms with Crippen molar-refractivity contribution in [3.8, 4) is 0 Å². The second kappa shape index (κ2) is 8.86. The Bertz CT molecular complexity index is 1250. The minimum absolute atomic E-state index is 0.0477. The van der Waals surface area contributed by atoms with E-state index < -0.39 is 11.8 Å². The van der Waals surface area contributed by atoms with Crippen molar-refractivity contribution in [2.45, 2.75) is 6.92 Å². The van der Waals surface area contributed by atoms with Gasteiger partial charge in [-0.15, -0.1) is 0 Å². The molecule has 0 radical (unpaired) electrons. The first-order valence-electron chi connectivity index (χ1n) is 9.63. The maximum Gasteiger partial charge on any atom is 0.283 e. The third kappa shape index (κ3) is 4.37. The summed E-state index contributed by atoms with van der Waals surface area (Å²) in [6.45, 7) is 1.97. The van der Waals surface area contributed by atoms with Crippen molar-refractivity contribution in [2.24, 2.45) is 0 Å². The van der Waals surface area contributed by atoms with Gasteiger partial charge in [0.25, 0.3) is 17.7 Å². The molecule has 1 heterocycles. The summed E-state index contributed by atoms with van der Waals surface area (Å²) < 4.78 is 0. The van der Waals surface area contributed by atoms with E-state index in [1.165, 1.54) is 6.07 Å². The van der Waals surface area contributed by atoms with Crippen LogP contribution in [0.15, 0.2) is 83.5 Å². The maximum atomic E-state index is 12.8. The summed E-state index contributed by atoms with van der Waals surface area (Å²) in [6, 6.07) is 20.3. The molecule has 0 atom stereocenters. The predicted octanol–water partition coefficient (Wildman–Crippen LogP) is 5.34. The summed E-state index contributed by atoms with van der Waals surface area (Å²) in [7, 11) is 0.